The molecule has 0 fully saturated rings. The van der Waals surface area contributed by atoms with Gasteiger partial charge >= 0.3 is 11.1 Å². The Kier molecular flexibility index (Phi) is 3.76. The summed E-state index contributed by atoms with van der Waals surface area (Å²) in [5.41, 5.74) is 0.857. The summed E-state index contributed by atoms with van der Waals surface area (Å²) in [6.45, 7) is 1.97. The van der Waals surface area contributed by atoms with Crippen molar-refractivity contribution in [1.29, 1.82) is 0 Å². The Labute approximate surface area is 146 Å². The summed E-state index contributed by atoms with van der Waals surface area (Å²) in [6.07, 6.45) is 2.89. The first kappa shape index (κ1) is 15.8. The zero-order valence-electron chi connectivity index (χ0n) is 13.5. The summed E-state index contributed by atoms with van der Waals surface area (Å²) >= 11 is 1.69. The Morgan fingerprint density at radius 2 is 2.00 bits per heavy atom. The number of benzene rings is 1. The molecule has 1 amide bonds. The number of amides is 1. The number of aryl methyl sites for hydroxylation is 2. The quantitative estimate of drug-likeness (QED) is 0.608. The van der Waals surface area contributed by atoms with E-state index in [1.807, 2.05) is 6.92 Å². The van der Waals surface area contributed by atoms with Crippen LogP contribution in [0.15, 0.2) is 27.8 Å². The van der Waals surface area contributed by atoms with Crippen molar-refractivity contribution < 1.29 is 4.79 Å². The lowest BCUT2D eigenvalue weighted by Gasteiger charge is -2.22. The van der Waals surface area contributed by atoms with Crippen molar-refractivity contribution in [2.75, 3.05) is 0 Å². The molecule has 4 rings (SSSR count). The predicted octanol–water partition coefficient (Wildman–Crippen LogP) is 1.79. The van der Waals surface area contributed by atoms with Crippen molar-refractivity contribution in [3.05, 3.63) is 60.0 Å². The van der Waals surface area contributed by atoms with E-state index in [2.05, 4.69) is 20.3 Å². The van der Waals surface area contributed by atoms with Crippen molar-refractivity contribution in [1.82, 2.24) is 20.3 Å². The van der Waals surface area contributed by atoms with E-state index in [4.69, 9.17) is 0 Å². The summed E-state index contributed by atoms with van der Waals surface area (Å²) in [5.74, 6) is -0.225. The highest BCUT2D eigenvalue weighted by Crippen LogP contribution is 2.33. The second-order valence-corrected chi connectivity index (χ2v) is 7.42. The predicted molar refractivity (Wildman–Crippen MR) is 95.2 cm³/mol. The Balaban J connectivity index is 1.63. The Hall–Kier alpha value is -2.74. The standard InChI is InChI=1S/C17H16N4O3S/c1-8-18-14-11(3-2-4-13(14)25-8)20-15(22)9-5-6-10-12(7-9)21-17(24)16(23)19-10/h5-7,11H,2-4H2,1H3,(H,19,23)(H,20,22)(H,21,24). The summed E-state index contributed by atoms with van der Waals surface area (Å²) in [5, 5.41) is 4.05. The molecule has 0 bridgehead atoms. The van der Waals surface area contributed by atoms with Gasteiger partial charge < -0.3 is 15.3 Å². The molecule has 0 radical (unpaired) electrons. The van der Waals surface area contributed by atoms with E-state index in [1.165, 1.54) is 4.88 Å². The third-order valence-corrected chi connectivity index (χ3v) is 5.40. The van der Waals surface area contributed by atoms with Crippen LogP contribution in [0.3, 0.4) is 0 Å². The molecule has 3 N–H and O–H groups in total. The number of nitrogens with zero attached hydrogens (tertiary/aromatic N) is 1. The number of H-pyrrole nitrogens is 2. The Bertz CT molecular complexity index is 1100. The van der Waals surface area contributed by atoms with Gasteiger partial charge in [-0.05, 0) is 44.4 Å². The molecule has 1 aliphatic carbocycles. The molecular weight excluding hydrogens is 340 g/mol. The van der Waals surface area contributed by atoms with E-state index in [1.54, 1.807) is 29.5 Å². The van der Waals surface area contributed by atoms with E-state index < -0.39 is 11.1 Å². The van der Waals surface area contributed by atoms with Crippen LogP contribution < -0.4 is 16.4 Å². The van der Waals surface area contributed by atoms with Gasteiger partial charge in [0.15, 0.2) is 0 Å². The molecular formula is C17H16N4O3S. The van der Waals surface area contributed by atoms with E-state index in [9.17, 15) is 14.4 Å². The number of aromatic amines is 2. The van der Waals surface area contributed by atoms with Gasteiger partial charge in [-0.25, -0.2) is 4.98 Å². The van der Waals surface area contributed by atoms with Gasteiger partial charge in [0.1, 0.15) is 0 Å². The number of hydrogen-bond donors (Lipinski definition) is 3. The van der Waals surface area contributed by atoms with Crippen molar-refractivity contribution in [3.8, 4) is 0 Å². The van der Waals surface area contributed by atoms with E-state index in [0.29, 0.717) is 16.6 Å². The second-order valence-electron chi connectivity index (χ2n) is 6.13. The molecule has 8 heteroatoms. The smallest absolute Gasteiger partial charge is 0.314 e. The van der Waals surface area contributed by atoms with E-state index >= 15 is 0 Å². The normalized spacial score (nSPS) is 16.6. The highest BCUT2D eigenvalue weighted by Gasteiger charge is 2.25. The zero-order valence-corrected chi connectivity index (χ0v) is 14.3. The fraction of sp³-hybridized carbons (Fsp3) is 0.294. The summed E-state index contributed by atoms with van der Waals surface area (Å²) in [4.78, 5) is 46.2. The highest BCUT2D eigenvalue weighted by atomic mass is 32.1. The summed E-state index contributed by atoms with van der Waals surface area (Å²) in [6, 6.07) is 4.72. The fourth-order valence-corrected chi connectivity index (χ4v) is 4.22. The highest BCUT2D eigenvalue weighted by molar-refractivity contribution is 7.11. The van der Waals surface area contributed by atoms with Crippen LogP contribution >= 0.6 is 11.3 Å². The molecule has 0 saturated heterocycles. The van der Waals surface area contributed by atoms with Crippen molar-refractivity contribution >= 4 is 28.3 Å². The molecule has 0 spiro atoms. The molecule has 3 aromatic rings. The Morgan fingerprint density at radius 3 is 2.80 bits per heavy atom. The monoisotopic (exact) mass is 356 g/mol. The third kappa shape index (κ3) is 2.89. The molecule has 2 heterocycles. The average Bonchev–Trinajstić information content (AvgIpc) is 2.97. The second kappa shape index (κ2) is 5.96. The summed E-state index contributed by atoms with van der Waals surface area (Å²) < 4.78 is 0. The van der Waals surface area contributed by atoms with Crippen LogP contribution in [0, 0.1) is 6.92 Å². The van der Waals surface area contributed by atoms with Gasteiger partial charge in [0.2, 0.25) is 0 Å². The number of rotatable bonds is 2. The maximum absolute atomic E-state index is 12.6. The molecule has 1 atom stereocenters. The van der Waals surface area contributed by atoms with Crippen LogP contribution in [0.2, 0.25) is 0 Å². The molecule has 1 aromatic carbocycles. The molecule has 2 aromatic heterocycles. The molecule has 0 saturated carbocycles. The number of hydrogen-bond acceptors (Lipinski definition) is 5. The lowest BCUT2D eigenvalue weighted by molar-refractivity contribution is 0.0932. The van der Waals surface area contributed by atoms with Crippen LogP contribution in [0.25, 0.3) is 11.0 Å². The van der Waals surface area contributed by atoms with Crippen LogP contribution in [0.5, 0.6) is 0 Å². The van der Waals surface area contributed by atoms with Crippen molar-refractivity contribution in [3.63, 3.8) is 0 Å². The SMILES string of the molecule is Cc1nc2c(s1)CCCC2NC(=O)c1ccc2[nH]c(=O)c(=O)[nH]c2c1. The molecule has 0 aliphatic heterocycles. The van der Waals surface area contributed by atoms with Gasteiger partial charge in [-0.2, -0.15) is 0 Å². The lowest BCUT2D eigenvalue weighted by atomic mass is 9.97. The first-order chi connectivity index (χ1) is 12.0. The average molecular weight is 356 g/mol. The number of carbonyl (C=O) groups is 1. The topological polar surface area (TPSA) is 108 Å². The minimum Gasteiger partial charge on any atom is -0.344 e. The number of fused-ring (bicyclic) bond motifs is 2. The number of carbonyl (C=O) groups excluding carboxylic acids is 1. The van der Waals surface area contributed by atoms with Crippen LogP contribution in [-0.4, -0.2) is 20.9 Å². The van der Waals surface area contributed by atoms with Crippen molar-refractivity contribution in [2.45, 2.75) is 32.2 Å². The first-order valence-corrected chi connectivity index (χ1v) is 8.86. The molecule has 1 aliphatic rings. The van der Waals surface area contributed by atoms with Crippen LogP contribution in [0.1, 0.15) is 44.8 Å². The van der Waals surface area contributed by atoms with Gasteiger partial charge in [0, 0.05) is 10.4 Å². The van der Waals surface area contributed by atoms with E-state index in [0.717, 1.165) is 30.0 Å². The Morgan fingerprint density at radius 1 is 1.24 bits per heavy atom. The molecule has 7 nitrogen and oxygen atoms in total. The van der Waals surface area contributed by atoms with Gasteiger partial charge in [0.05, 0.1) is 27.8 Å². The van der Waals surface area contributed by atoms with Gasteiger partial charge in [0.25, 0.3) is 5.91 Å². The largest absolute Gasteiger partial charge is 0.344 e. The fourth-order valence-electron chi connectivity index (χ4n) is 3.18. The minimum absolute atomic E-state index is 0.0912. The van der Waals surface area contributed by atoms with Crippen molar-refractivity contribution in [2.24, 2.45) is 0 Å². The summed E-state index contributed by atoms with van der Waals surface area (Å²) in [7, 11) is 0. The van der Waals surface area contributed by atoms with Crippen LogP contribution in [0.4, 0.5) is 0 Å². The third-order valence-electron chi connectivity index (χ3n) is 4.35. The van der Waals surface area contributed by atoms with Crippen LogP contribution in [-0.2, 0) is 6.42 Å². The van der Waals surface area contributed by atoms with Gasteiger partial charge in [-0.1, -0.05) is 0 Å². The zero-order chi connectivity index (χ0) is 17.6. The minimum atomic E-state index is -0.736. The first-order valence-electron chi connectivity index (χ1n) is 8.05. The number of thiazole rings is 1. The maximum Gasteiger partial charge on any atom is 0.314 e. The van der Waals surface area contributed by atoms with Gasteiger partial charge in [-0.3, -0.25) is 14.4 Å². The number of aromatic nitrogens is 3. The molecule has 1 unspecified atom stereocenters. The number of nitrogens with one attached hydrogen (secondary N) is 3. The maximum atomic E-state index is 12.6. The van der Waals surface area contributed by atoms with Gasteiger partial charge in [-0.15, -0.1) is 11.3 Å². The molecule has 128 valence electrons. The van der Waals surface area contributed by atoms with E-state index in [-0.39, 0.29) is 11.9 Å². The molecule has 25 heavy (non-hydrogen) atoms. The lowest BCUT2D eigenvalue weighted by Crippen LogP contribution is -2.31.